The molecule has 1 nitrogen and oxygen atoms in total. The Balaban J connectivity index is 3.17. The molecule has 0 fully saturated rings. The topological polar surface area (TPSA) is 26.0 Å². The van der Waals surface area contributed by atoms with Gasteiger partial charge in [-0.25, -0.2) is 4.39 Å². The van der Waals surface area contributed by atoms with Gasteiger partial charge in [0.05, 0.1) is 0 Å². The molecule has 0 aliphatic heterocycles. The lowest BCUT2D eigenvalue weighted by Crippen LogP contribution is -2.28. The Labute approximate surface area is 50.1 Å². The Morgan fingerprint density at radius 2 is 2.12 bits per heavy atom. The highest BCUT2D eigenvalue weighted by Gasteiger charge is 2.07. The molecule has 0 aromatic heterocycles. The van der Waals surface area contributed by atoms with Crippen LogP contribution in [-0.2, 0) is 0 Å². The normalized spacial score (nSPS) is 18.0. The molecule has 0 radical (unpaired) electrons. The van der Waals surface area contributed by atoms with E-state index in [4.69, 9.17) is 5.73 Å². The fourth-order valence-corrected chi connectivity index (χ4v) is 0.563. The zero-order valence-electron chi connectivity index (χ0n) is 5.52. The van der Waals surface area contributed by atoms with Crippen LogP contribution in [-0.4, -0.2) is 12.2 Å². The average molecular weight is 119 g/mol. The predicted octanol–water partition coefficient (Wildman–Crippen LogP) is 1.47. The first-order chi connectivity index (χ1) is 3.68. The van der Waals surface area contributed by atoms with Crippen molar-refractivity contribution in [1.29, 1.82) is 0 Å². The molecule has 0 aliphatic rings. The molecule has 0 heterocycles. The van der Waals surface area contributed by atoms with Gasteiger partial charge in [-0.2, -0.15) is 0 Å². The van der Waals surface area contributed by atoms with Crippen LogP contribution in [0.15, 0.2) is 0 Å². The van der Waals surface area contributed by atoms with Crippen LogP contribution >= 0.6 is 0 Å². The molecule has 0 aliphatic carbocycles. The summed E-state index contributed by atoms with van der Waals surface area (Å²) in [5.74, 6) is 0. The molecule has 0 saturated heterocycles. The Kier molecular flexibility index (Phi) is 3.79. The highest BCUT2D eigenvalue weighted by Crippen LogP contribution is 2.01. The van der Waals surface area contributed by atoms with Gasteiger partial charge < -0.3 is 5.73 Å². The van der Waals surface area contributed by atoms with Crippen molar-refractivity contribution in [3.63, 3.8) is 0 Å². The van der Waals surface area contributed by atoms with Crippen molar-refractivity contribution in [2.75, 3.05) is 0 Å². The maximum Gasteiger partial charge on any atom is 0.112 e. The summed E-state index contributed by atoms with van der Waals surface area (Å²) in [7, 11) is 0. The maximum atomic E-state index is 12.2. The predicted molar refractivity (Wildman–Crippen MR) is 33.5 cm³/mol. The van der Waals surface area contributed by atoms with Gasteiger partial charge in [-0.15, -0.1) is 0 Å². The second-order valence-electron chi connectivity index (χ2n) is 2.13. The van der Waals surface area contributed by atoms with Crippen LogP contribution in [0.5, 0.6) is 0 Å². The second kappa shape index (κ2) is 3.84. The first kappa shape index (κ1) is 7.89. The quantitative estimate of drug-likeness (QED) is 0.598. The summed E-state index contributed by atoms with van der Waals surface area (Å²) in [6, 6.07) is -0.250. The van der Waals surface area contributed by atoms with Crippen LogP contribution in [0.3, 0.4) is 0 Å². The maximum absolute atomic E-state index is 12.2. The van der Waals surface area contributed by atoms with E-state index in [9.17, 15) is 4.39 Å². The Hall–Kier alpha value is -0.110. The van der Waals surface area contributed by atoms with E-state index in [1.54, 1.807) is 0 Å². The lowest BCUT2D eigenvalue weighted by molar-refractivity contribution is 0.294. The largest absolute Gasteiger partial charge is 0.325 e. The van der Waals surface area contributed by atoms with Crippen molar-refractivity contribution in [3.05, 3.63) is 0 Å². The van der Waals surface area contributed by atoms with Crippen LogP contribution in [0.4, 0.5) is 4.39 Å². The lowest BCUT2D eigenvalue weighted by atomic mass is 10.1. The molecule has 2 N–H and O–H groups in total. The van der Waals surface area contributed by atoms with Gasteiger partial charge in [-0.3, -0.25) is 0 Å². The van der Waals surface area contributed by atoms with Gasteiger partial charge in [0.15, 0.2) is 0 Å². The molecule has 0 aromatic rings. The van der Waals surface area contributed by atoms with E-state index in [1.807, 2.05) is 6.92 Å². The molecule has 0 rings (SSSR count). The van der Waals surface area contributed by atoms with Gasteiger partial charge in [0.1, 0.15) is 6.17 Å². The fraction of sp³-hybridized carbons (Fsp3) is 1.00. The molecule has 8 heavy (non-hydrogen) atoms. The minimum atomic E-state index is -0.852. The van der Waals surface area contributed by atoms with Gasteiger partial charge in [0, 0.05) is 6.04 Å². The van der Waals surface area contributed by atoms with Gasteiger partial charge >= 0.3 is 0 Å². The van der Waals surface area contributed by atoms with Gasteiger partial charge in [0.25, 0.3) is 0 Å². The Morgan fingerprint density at radius 1 is 1.62 bits per heavy atom. The zero-order chi connectivity index (χ0) is 6.57. The van der Waals surface area contributed by atoms with Gasteiger partial charge in [-0.1, -0.05) is 13.3 Å². The molecule has 0 spiro atoms. The third-order valence-electron chi connectivity index (χ3n) is 1.21. The summed E-state index contributed by atoms with van der Waals surface area (Å²) in [6.45, 7) is 3.50. The molecule has 2 unspecified atom stereocenters. The monoisotopic (exact) mass is 119 g/mol. The molecule has 50 valence electrons. The van der Waals surface area contributed by atoms with E-state index in [1.165, 1.54) is 6.92 Å². The molecular formula is C6H14FN. The first-order valence-corrected chi connectivity index (χ1v) is 3.08. The van der Waals surface area contributed by atoms with E-state index >= 15 is 0 Å². The van der Waals surface area contributed by atoms with Crippen LogP contribution < -0.4 is 5.73 Å². The van der Waals surface area contributed by atoms with E-state index in [0.29, 0.717) is 0 Å². The van der Waals surface area contributed by atoms with Crippen LogP contribution in [0.25, 0.3) is 0 Å². The van der Waals surface area contributed by atoms with E-state index in [-0.39, 0.29) is 6.04 Å². The van der Waals surface area contributed by atoms with Crippen LogP contribution in [0.2, 0.25) is 0 Å². The average Bonchev–Trinajstić information content (AvgIpc) is 1.67. The van der Waals surface area contributed by atoms with E-state index in [0.717, 1.165) is 12.8 Å². The number of hydrogen-bond acceptors (Lipinski definition) is 1. The van der Waals surface area contributed by atoms with Crippen LogP contribution in [0, 0.1) is 0 Å². The molecule has 0 saturated carbocycles. The summed E-state index contributed by atoms with van der Waals surface area (Å²) in [5.41, 5.74) is 5.35. The Bertz CT molecular complexity index is 54.5. The number of halogens is 1. The number of nitrogens with two attached hydrogens (primary N) is 1. The van der Waals surface area contributed by atoms with Crippen molar-refractivity contribution >= 4 is 0 Å². The number of rotatable bonds is 3. The number of alkyl halides is 1. The highest BCUT2D eigenvalue weighted by molar-refractivity contribution is 4.65. The standard InChI is InChI=1S/C6H14FN/c1-3-4-6(8)5(2)7/h5-6H,3-4,8H2,1-2H3. The summed E-state index contributed by atoms with van der Waals surface area (Å²) in [4.78, 5) is 0. The van der Waals surface area contributed by atoms with Crippen LogP contribution in [0.1, 0.15) is 26.7 Å². The number of hydrogen-bond donors (Lipinski definition) is 1. The van der Waals surface area contributed by atoms with Crippen molar-refractivity contribution in [2.24, 2.45) is 5.73 Å². The van der Waals surface area contributed by atoms with Crippen molar-refractivity contribution in [2.45, 2.75) is 38.9 Å². The first-order valence-electron chi connectivity index (χ1n) is 3.08. The summed E-state index contributed by atoms with van der Waals surface area (Å²) in [5, 5.41) is 0. The molecule has 2 atom stereocenters. The highest BCUT2D eigenvalue weighted by atomic mass is 19.1. The van der Waals surface area contributed by atoms with E-state index in [2.05, 4.69) is 0 Å². The third kappa shape index (κ3) is 2.97. The molecule has 0 amide bonds. The summed E-state index contributed by atoms with van der Waals surface area (Å²) in [6.07, 6.45) is 0.905. The van der Waals surface area contributed by atoms with Crippen molar-refractivity contribution in [1.82, 2.24) is 0 Å². The lowest BCUT2D eigenvalue weighted by Gasteiger charge is -2.09. The third-order valence-corrected chi connectivity index (χ3v) is 1.21. The minimum absolute atomic E-state index is 0.250. The molecular weight excluding hydrogens is 105 g/mol. The fourth-order valence-electron chi connectivity index (χ4n) is 0.563. The summed E-state index contributed by atoms with van der Waals surface area (Å²) >= 11 is 0. The smallest absolute Gasteiger partial charge is 0.112 e. The molecule has 0 bridgehead atoms. The van der Waals surface area contributed by atoms with Gasteiger partial charge in [0.2, 0.25) is 0 Å². The molecule has 0 aromatic carbocycles. The minimum Gasteiger partial charge on any atom is -0.325 e. The molecule has 2 heteroatoms. The van der Waals surface area contributed by atoms with Crippen molar-refractivity contribution in [3.8, 4) is 0 Å². The SMILES string of the molecule is CCCC(N)C(C)F. The summed E-state index contributed by atoms with van der Waals surface area (Å²) < 4.78 is 12.2. The zero-order valence-corrected chi connectivity index (χ0v) is 5.52. The van der Waals surface area contributed by atoms with E-state index < -0.39 is 6.17 Å². The van der Waals surface area contributed by atoms with Crippen molar-refractivity contribution < 1.29 is 4.39 Å². The van der Waals surface area contributed by atoms with Gasteiger partial charge in [-0.05, 0) is 13.3 Å². The Morgan fingerprint density at radius 3 is 2.25 bits per heavy atom. The second-order valence-corrected chi connectivity index (χ2v) is 2.13.